The van der Waals surface area contributed by atoms with Crippen LogP contribution >= 0.6 is 0 Å². The van der Waals surface area contributed by atoms with Gasteiger partial charge >= 0.3 is 0 Å². The van der Waals surface area contributed by atoms with E-state index >= 15 is 0 Å². The van der Waals surface area contributed by atoms with Crippen LogP contribution in [0, 0.1) is 0 Å². The highest BCUT2D eigenvalue weighted by molar-refractivity contribution is 5.24. The molecule has 0 fully saturated rings. The van der Waals surface area contributed by atoms with Crippen LogP contribution < -0.4 is 5.73 Å². The van der Waals surface area contributed by atoms with Gasteiger partial charge in [-0.15, -0.1) is 0 Å². The van der Waals surface area contributed by atoms with Crippen molar-refractivity contribution in [3.8, 4) is 0 Å². The van der Waals surface area contributed by atoms with E-state index in [-0.39, 0.29) is 5.82 Å². The largest absolute Gasteiger partial charge is 0.382 e. The van der Waals surface area contributed by atoms with Crippen LogP contribution in [0.25, 0.3) is 0 Å². The van der Waals surface area contributed by atoms with Gasteiger partial charge in [0.05, 0.1) is 18.1 Å². The SMILES string of the molecule is [2H]C([2H])([2H])C(c1cnc(N)cn1)(C([2H])([2H])[2H])C([2H])([2H])[2H]. The van der Waals surface area contributed by atoms with Crippen LogP contribution in [0.15, 0.2) is 12.4 Å². The van der Waals surface area contributed by atoms with Crippen LogP contribution in [0.4, 0.5) is 5.82 Å². The zero-order valence-electron chi connectivity index (χ0n) is 14.6. The van der Waals surface area contributed by atoms with Crippen molar-refractivity contribution in [2.24, 2.45) is 0 Å². The predicted molar refractivity (Wildman–Crippen MR) is 45.1 cm³/mol. The molecule has 0 saturated heterocycles. The van der Waals surface area contributed by atoms with E-state index in [0.29, 0.717) is 0 Å². The molecule has 2 N–H and O–H groups in total. The van der Waals surface area contributed by atoms with Crippen LogP contribution in [0.5, 0.6) is 0 Å². The third kappa shape index (κ3) is 1.90. The topological polar surface area (TPSA) is 51.8 Å². The van der Waals surface area contributed by atoms with E-state index in [1.807, 2.05) is 0 Å². The quantitative estimate of drug-likeness (QED) is 0.623. The van der Waals surface area contributed by atoms with Crippen molar-refractivity contribution in [3.05, 3.63) is 18.1 Å². The number of anilines is 1. The fourth-order valence-corrected chi connectivity index (χ4v) is 0.532. The predicted octanol–water partition coefficient (Wildman–Crippen LogP) is 1.36. The first kappa shape index (κ1) is 2.19. The normalized spacial score (nSPS) is 27.1. The lowest BCUT2D eigenvalue weighted by Crippen LogP contribution is -2.13. The summed E-state index contributed by atoms with van der Waals surface area (Å²) < 4.78 is 67.1. The third-order valence-electron chi connectivity index (χ3n) is 1.06. The maximum absolute atomic E-state index is 7.45. The number of nitrogen functional groups attached to an aromatic ring is 1. The Kier molecular flexibility index (Phi) is 0.495. The number of nitrogens with zero attached hydrogens (tertiary/aromatic N) is 2. The van der Waals surface area contributed by atoms with Gasteiger partial charge in [-0.2, -0.15) is 0 Å². The van der Waals surface area contributed by atoms with Gasteiger partial charge in [-0.1, -0.05) is 20.6 Å². The fourth-order valence-electron chi connectivity index (χ4n) is 0.532. The molecule has 0 saturated carbocycles. The summed E-state index contributed by atoms with van der Waals surface area (Å²) in [6, 6.07) is 0. The summed E-state index contributed by atoms with van der Waals surface area (Å²) in [7, 11) is 0. The van der Waals surface area contributed by atoms with Crippen molar-refractivity contribution in [2.45, 2.75) is 26.0 Å². The van der Waals surface area contributed by atoms with Crippen LogP contribution in [0.3, 0.4) is 0 Å². The second kappa shape index (κ2) is 2.49. The van der Waals surface area contributed by atoms with Crippen molar-refractivity contribution in [2.75, 3.05) is 5.73 Å². The molecule has 3 heteroatoms. The number of hydrogen-bond donors (Lipinski definition) is 1. The van der Waals surface area contributed by atoms with Crippen LogP contribution in [0.1, 0.15) is 38.6 Å². The molecule has 0 unspecified atom stereocenters. The highest BCUT2D eigenvalue weighted by atomic mass is 14.9. The minimum absolute atomic E-state index is 0.0794. The summed E-state index contributed by atoms with van der Waals surface area (Å²) in [4.78, 5) is 7.13. The average Bonchev–Trinajstić information content (AvgIpc) is 2.14. The molecule has 0 atom stereocenters. The minimum atomic E-state index is -3.34. The Labute approximate surface area is 79.3 Å². The van der Waals surface area contributed by atoms with Gasteiger partial charge in [0.2, 0.25) is 0 Å². The van der Waals surface area contributed by atoms with Crippen molar-refractivity contribution in [3.63, 3.8) is 0 Å². The van der Waals surface area contributed by atoms with Crippen molar-refractivity contribution < 1.29 is 12.3 Å². The molecule has 0 spiro atoms. The molecule has 0 amide bonds. The number of hydrogen-bond acceptors (Lipinski definition) is 3. The lowest BCUT2D eigenvalue weighted by atomic mass is 9.93. The molecular weight excluding hydrogens is 138 g/mol. The van der Waals surface area contributed by atoms with Crippen molar-refractivity contribution >= 4 is 5.82 Å². The zero-order chi connectivity index (χ0) is 16.0. The average molecular weight is 160 g/mol. The molecule has 60 valence electrons. The van der Waals surface area contributed by atoms with Gasteiger partial charge in [0.25, 0.3) is 0 Å². The van der Waals surface area contributed by atoms with Crippen LogP contribution in [-0.2, 0) is 5.41 Å². The molecule has 0 bridgehead atoms. The van der Waals surface area contributed by atoms with Crippen LogP contribution in [-0.4, -0.2) is 9.97 Å². The van der Waals surface area contributed by atoms with Gasteiger partial charge in [-0.3, -0.25) is 4.98 Å². The van der Waals surface area contributed by atoms with E-state index in [1.54, 1.807) is 0 Å². The summed E-state index contributed by atoms with van der Waals surface area (Å²) in [5.74, 6) is -0.0794. The Morgan fingerprint density at radius 2 is 2.09 bits per heavy atom. The molecule has 0 aliphatic carbocycles. The molecule has 0 radical (unpaired) electrons. The van der Waals surface area contributed by atoms with Gasteiger partial charge in [0.15, 0.2) is 0 Å². The summed E-state index contributed by atoms with van der Waals surface area (Å²) in [5, 5.41) is 0. The van der Waals surface area contributed by atoms with Crippen LogP contribution in [0.2, 0.25) is 0 Å². The van der Waals surface area contributed by atoms with E-state index in [4.69, 9.17) is 18.1 Å². The Hall–Kier alpha value is -1.12. The Morgan fingerprint density at radius 3 is 2.55 bits per heavy atom. The molecule has 1 heterocycles. The van der Waals surface area contributed by atoms with Gasteiger partial charge in [-0.25, -0.2) is 4.98 Å². The Morgan fingerprint density at radius 1 is 1.36 bits per heavy atom. The second-order valence-corrected chi connectivity index (χ2v) is 2.08. The number of nitrogens with two attached hydrogens (primary N) is 1. The number of rotatable bonds is 0. The first-order chi connectivity index (χ1) is 8.75. The molecule has 11 heavy (non-hydrogen) atoms. The maximum atomic E-state index is 7.45. The van der Waals surface area contributed by atoms with E-state index in [9.17, 15) is 0 Å². The zero-order valence-corrected chi connectivity index (χ0v) is 5.63. The lowest BCUT2D eigenvalue weighted by molar-refractivity contribution is 0.566. The molecule has 0 aromatic carbocycles. The number of aromatic nitrogens is 2. The fraction of sp³-hybridized carbons (Fsp3) is 0.500. The first-order valence-electron chi connectivity index (χ1n) is 7.33. The van der Waals surface area contributed by atoms with Crippen molar-refractivity contribution in [1.29, 1.82) is 0 Å². The first-order valence-corrected chi connectivity index (χ1v) is 2.83. The minimum Gasteiger partial charge on any atom is -0.382 e. The monoisotopic (exact) mass is 160 g/mol. The summed E-state index contributed by atoms with van der Waals surface area (Å²) in [5.41, 5.74) is 1.51. The molecule has 1 rings (SSSR count). The molecule has 0 aliphatic heterocycles. The second-order valence-electron chi connectivity index (χ2n) is 2.08. The maximum Gasteiger partial charge on any atom is 0.141 e. The van der Waals surface area contributed by atoms with Gasteiger partial charge in [0, 0.05) is 17.8 Å². The van der Waals surface area contributed by atoms with Gasteiger partial charge < -0.3 is 5.73 Å². The highest BCUT2D eigenvalue weighted by Crippen LogP contribution is 2.18. The Balaban J connectivity index is 3.77. The molecule has 0 aliphatic rings. The van der Waals surface area contributed by atoms with E-state index < -0.39 is 31.7 Å². The van der Waals surface area contributed by atoms with E-state index in [0.717, 1.165) is 12.4 Å². The Bertz CT molecular complexity index is 434. The molecular formula is C8H13N3. The summed E-state index contributed by atoms with van der Waals surface area (Å²) >= 11 is 0. The van der Waals surface area contributed by atoms with E-state index in [1.165, 1.54) is 0 Å². The highest BCUT2D eigenvalue weighted by Gasteiger charge is 2.14. The smallest absolute Gasteiger partial charge is 0.141 e. The summed E-state index contributed by atoms with van der Waals surface area (Å²) in [6.07, 6.45) is 1.70. The van der Waals surface area contributed by atoms with E-state index in [2.05, 4.69) is 9.97 Å². The summed E-state index contributed by atoms with van der Waals surface area (Å²) in [6.45, 7) is -10.0. The standard InChI is InChI=1S/C8H13N3/c1-8(2,3)6-4-11-7(9)5-10-6/h4-5H,1-3H3,(H2,9,11)/i1D3,2D3,3D3. The van der Waals surface area contributed by atoms with Gasteiger partial charge in [-0.05, 0) is 0 Å². The third-order valence-corrected chi connectivity index (χ3v) is 1.06. The van der Waals surface area contributed by atoms with Crippen molar-refractivity contribution in [1.82, 2.24) is 9.97 Å². The molecule has 1 aromatic rings. The lowest BCUT2D eigenvalue weighted by Gasteiger charge is -2.16. The van der Waals surface area contributed by atoms with Gasteiger partial charge in [0.1, 0.15) is 5.82 Å². The molecule has 1 aromatic heterocycles. The molecule has 3 nitrogen and oxygen atoms in total.